The fourth-order valence-corrected chi connectivity index (χ4v) is 5.25. The average molecular weight is 501 g/mol. The third-order valence-corrected chi connectivity index (χ3v) is 7.04. The van der Waals surface area contributed by atoms with Gasteiger partial charge in [-0.1, -0.05) is 0 Å². The standard InChI is InChI=1S/C24H32N6O4S/c1-24(2,3)30(23(31)32)16(14-6-7-14)10-11-29-13-26-20(25)19-21(29)28-22(27-19)35-18-12-15(33-4)8-9-17(18)34-5/h8-9,12-14,16H,6-7,10-11,25H2,1-5H3,(H,31,32). The Morgan fingerprint density at radius 3 is 2.63 bits per heavy atom. The highest BCUT2D eigenvalue weighted by molar-refractivity contribution is 7.99. The lowest BCUT2D eigenvalue weighted by atomic mass is 9.98. The van der Waals surface area contributed by atoms with E-state index in [2.05, 4.69) is 9.97 Å². The second-order valence-corrected chi connectivity index (χ2v) is 10.6. The SMILES string of the molecule is COc1ccc(OC)c(Sc2nc3c(N)ncn(CCC(C4CC4)N(C(=O)O)C(C)(C)C)c-3n2)c1. The van der Waals surface area contributed by atoms with Crippen LogP contribution in [-0.2, 0) is 6.54 Å². The number of ether oxygens (including phenoxy) is 2. The number of carbonyl (C=O) groups is 1. The molecule has 1 saturated carbocycles. The van der Waals surface area contributed by atoms with Gasteiger partial charge in [0.1, 0.15) is 11.5 Å². The number of hydrogen-bond acceptors (Lipinski definition) is 8. The fourth-order valence-electron chi connectivity index (χ4n) is 4.36. The minimum atomic E-state index is -0.890. The number of amides is 1. The molecule has 1 aliphatic carbocycles. The van der Waals surface area contributed by atoms with Crippen molar-refractivity contribution in [2.45, 2.75) is 68.2 Å². The molecule has 1 atom stereocenters. The van der Waals surface area contributed by atoms with Crippen LogP contribution in [0.1, 0.15) is 40.0 Å². The normalized spacial score (nSPS) is 14.7. The van der Waals surface area contributed by atoms with Crippen molar-refractivity contribution in [3.8, 4) is 23.0 Å². The molecule has 2 aliphatic heterocycles. The molecule has 0 bridgehead atoms. The first-order valence-electron chi connectivity index (χ1n) is 11.5. The third-order valence-electron chi connectivity index (χ3n) is 6.14. The van der Waals surface area contributed by atoms with Crippen LogP contribution < -0.4 is 15.2 Å². The van der Waals surface area contributed by atoms with Gasteiger partial charge in [0.2, 0.25) is 0 Å². The van der Waals surface area contributed by atoms with E-state index in [1.54, 1.807) is 25.4 Å². The number of hydrogen-bond donors (Lipinski definition) is 2. The van der Waals surface area contributed by atoms with E-state index in [-0.39, 0.29) is 6.04 Å². The van der Waals surface area contributed by atoms with Crippen LogP contribution in [0.2, 0.25) is 0 Å². The summed E-state index contributed by atoms with van der Waals surface area (Å²) in [5.41, 5.74) is 6.16. The number of aryl methyl sites for hydroxylation is 1. The van der Waals surface area contributed by atoms with E-state index in [4.69, 9.17) is 20.2 Å². The van der Waals surface area contributed by atoms with Gasteiger partial charge >= 0.3 is 6.09 Å². The topological polar surface area (TPSA) is 129 Å². The van der Waals surface area contributed by atoms with Crippen LogP contribution >= 0.6 is 11.8 Å². The van der Waals surface area contributed by atoms with E-state index < -0.39 is 11.6 Å². The first kappa shape index (κ1) is 24.9. The van der Waals surface area contributed by atoms with Gasteiger partial charge in [0.25, 0.3) is 0 Å². The summed E-state index contributed by atoms with van der Waals surface area (Å²) >= 11 is 1.35. The number of rotatable bonds is 9. The quantitative estimate of drug-likeness (QED) is 0.437. The Hall–Kier alpha value is -3.21. The molecule has 3 aliphatic rings. The van der Waals surface area contributed by atoms with Gasteiger partial charge in [-0.3, -0.25) is 0 Å². The lowest BCUT2D eigenvalue weighted by Crippen LogP contribution is -2.52. The fraction of sp³-hybridized carbons (Fsp3) is 0.500. The van der Waals surface area contributed by atoms with Crippen molar-refractivity contribution in [1.82, 2.24) is 24.4 Å². The van der Waals surface area contributed by atoms with Gasteiger partial charge in [-0.05, 0) is 75.9 Å². The van der Waals surface area contributed by atoms with Crippen molar-refractivity contribution in [3.63, 3.8) is 0 Å². The van der Waals surface area contributed by atoms with Crippen LogP contribution in [0, 0.1) is 5.92 Å². The molecule has 35 heavy (non-hydrogen) atoms. The van der Waals surface area contributed by atoms with Crippen molar-refractivity contribution in [2.24, 2.45) is 5.92 Å². The number of nitrogen functional groups attached to an aromatic ring is 1. The highest BCUT2D eigenvalue weighted by atomic mass is 32.2. The van der Waals surface area contributed by atoms with E-state index >= 15 is 0 Å². The van der Waals surface area contributed by atoms with E-state index in [9.17, 15) is 9.90 Å². The smallest absolute Gasteiger partial charge is 0.407 e. The van der Waals surface area contributed by atoms with Gasteiger partial charge in [0.15, 0.2) is 22.5 Å². The second kappa shape index (κ2) is 9.80. The van der Waals surface area contributed by atoms with Crippen molar-refractivity contribution >= 4 is 23.7 Å². The van der Waals surface area contributed by atoms with Crippen molar-refractivity contribution in [3.05, 3.63) is 24.5 Å². The van der Waals surface area contributed by atoms with Gasteiger partial charge < -0.3 is 29.8 Å². The number of nitrogens with two attached hydrogens (primary N) is 1. The first-order valence-corrected chi connectivity index (χ1v) is 12.3. The van der Waals surface area contributed by atoms with Gasteiger partial charge in [0, 0.05) is 18.1 Å². The number of benzene rings is 1. The van der Waals surface area contributed by atoms with Gasteiger partial charge in [-0.2, -0.15) is 0 Å². The highest BCUT2D eigenvalue weighted by Gasteiger charge is 2.42. The zero-order chi connectivity index (χ0) is 25.3. The van der Waals surface area contributed by atoms with Gasteiger partial charge in [-0.15, -0.1) is 0 Å². The molecule has 0 spiro atoms. The maximum Gasteiger partial charge on any atom is 0.407 e. The van der Waals surface area contributed by atoms with Crippen molar-refractivity contribution in [1.29, 1.82) is 0 Å². The summed E-state index contributed by atoms with van der Waals surface area (Å²) in [6.07, 6.45) is 3.50. The lowest BCUT2D eigenvalue weighted by molar-refractivity contribution is 0.0578. The molecule has 1 aromatic rings. The van der Waals surface area contributed by atoms with Crippen molar-refractivity contribution in [2.75, 3.05) is 20.0 Å². The summed E-state index contributed by atoms with van der Waals surface area (Å²) in [7, 11) is 3.22. The van der Waals surface area contributed by atoms with E-state index in [1.165, 1.54) is 11.8 Å². The van der Waals surface area contributed by atoms with Crippen molar-refractivity contribution < 1.29 is 19.4 Å². The number of fused-ring (bicyclic) bond motifs is 1. The first-order chi connectivity index (χ1) is 16.6. The summed E-state index contributed by atoms with van der Waals surface area (Å²) in [4.78, 5) is 28.2. The molecule has 1 fully saturated rings. The molecule has 10 nitrogen and oxygen atoms in total. The van der Waals surface area contributed by atoms with Crippen LogP contribution in [-0.4, -0.2) is 61.4 Å². The third kappa shape index (κ3) is 5.39. The van der Waals surface area contributed by atoms with Gasteiger partial charge in [-0.25, -0.2) is 19.7 Å². The molecule has 11 heteroatoms. The molecular formula is C24H32N6O4S. The Morgan fingerprint density at radius 2 is 2.03 bits per heavy atom. The molecular weight excluding hydrogens is 468 g/mol. The summed E-state index contributed by atoms with van der Waals surface area (Å²) in [6, 6.07) is 5.45. The summed E-state index contributed by atoms with van der Waals surface area (Å²) in [6.45, 7) is 6.36. The summed E-state index contributed by atoms with van der Waals surface area (Å²) < 4.78 is 12.7. The number of anilines is 1. The number of carboxylic acid groups (broad SMARTS) is 1. The van der Waals surface area contributed by atoms with Crippen LogP contribution in [0.3, 0.4) is 0 Å². The Kier molecular flexibility index (Phi) is 6.98. The maximum absolute atomic E-state index is 12.1. The molecule has 0 radical (unpaired) electrons. The highest BCUT2D eigenvalue weighted by Crippen LogP contribution is 2.41. The Balaban J connectivity index is 1.61. The van der Waals surface area contributed by atoms with Crippen LogP contribution in [0.4, 0.5) is 10.6 Å². The molecule has 188 valence electrons. The zero-order valence-corrected chi connectivity index (χ0v) is 21.5. The Bertz CT molecular complexity index is 1170. The summed E-state index contributed by atoms with van der Waals surface area (Å²) in [5.74, 6) is 2.68. The largest absolute Gasteiger partial charge is 0.497 e. The maximum atomic E-state index is 12.1. The van der Waals surface area contributed by atoms with E-state index in [0.717, 1.165) is 17.7 Å². The number of imidazole rings is 1. The van der Waals surface area contributed by atoms with Crippen LogP contribution in [0.5, 0.6) is 11.5 Å². The van der Waals surface area contributed by atoms with E-state index in [0.29, 0.717) is 52.9 Å². The molecule has 3 N–H and O–H groups in total. The average Bonchev–Trinajstić information content (AvgIpc) is 3.55. The lowest BCUT2D eigenvalue weighted by Gasteiger charge is -2.40. The minimum Gasteiger partial charge on any atom is -0.497 e. The van der Waals surface area contributed by atoms with Crippen LogP contribution in [0.25, 0.3) is 11.5 Å². The zero-order valence-electron chi connectivity index (χ0n) is 20.7. The molecule has 1 aromatic carbocycles. The Morgan fingerprint density at radius 1 is 1.29 bits per heavy atom. The number of aromatic nitrogens is 4. The summed E-state index contributed by atoms with van der Waals surface area (Å²) in [5, 5.41) is 10.4. The van der Waals surface area contributed by atoms with E-state index in [1.807, 2.05) is 43.5 Å². The van der Waals surface area contributed by atoms with Gasteiger partial charge in [0.05, 0.1) is 25.4 Å². The molecule has 2 heterocycles. The molecule has 1 unspecified atom stereocenters. The predicted molar refractivity (Wildman–Crippen MR) is 133 cm³/mol. The second-order valence-electron chi connectivity index (χ2n) is 9.64. The number of nitrogens with zero attached hydrogens (tertiary/aromatic N) is 5. The van der Waals surface area contributed by atoms with Crippen LogP contribution in [0.15, 0.2) is 34.6 Å². The molecule has 4 rings (SSSR count). The molecule has 0 aromatic heterocycles. The number of methoxy groups -OCH3 is 2. The molecule has 0 saturated heterocycles. The Labute approximate surface area is 209 Å². The molecule has 1 amide bonds. The monoisotopic (exact) mass is 500 g/mol. The predicted octanol–water partition coefficient (Wildman–Crippen LogP) is 4.48. The minimum absolute atomic E-state index is 0.0783.